The molecule has 0 atom stereocenters. The number of likely N-dealkylation sites (N-methyl/N-ethyl adjacent to an activating group) is 1. The van der Waals surface area contributed by atoms with E-state index in [2.05, 4.69) is 26.0 Å². The number of hydrogen-bond donors (Lipinski definition) is 2. The summed E-state index contributed by atoms with van der Waals surface area (Å²) in [7, 11) is -1.79. The van der Waals surface area contributed by atoms with E-state index in [1.807, 2.05) is 6.92 Å². The van der Waals surface area contributed by atoms with E-state index in [4.69, 9.17) is 4.74 Å². The van der Waals surface area contributed by atoms with E-state index in [1.165, 1.54) is 6.07 Å². The van der Waals surface area contributed by atoms with E-state index in [1.54, 1.807) is 19.2 Å². The van der Waals surface area contributed by atoms with Crippen LogP contribution in [0.1, 0.15) is 6.92 Å². The quantitative estimate of drug-likeness (QED) is 0.737. The number of nitrogens with one attached hydrogen (secondary N) is 2. The Bertz CT molecular complexity index is 491. The molecule has 2 N–H and O–H groups in total. The van der Waals surface area contributed by atoms with Gasteiger partial charge in [-0.05, 0) is 32.2 Å². The van der Waals surface area contributed by atoms with E-state index in [0.29, 0.717) is 29.9 Å². The number of rotatable bonds is 7. The molecular weight excluding hydrogens is 320 g/mol. The summed E-state index contributed by atoms with van der Waals surface area (Å²) in [6.07, 6.45) is 0. The largest absolute Gasteiger partial charge is 0.492 e. The minimum absolute atomic E-state index is 0.148. The van der Waals surface area contributed by atoms with Crippen molar-refractivity contribution in [2.45, 2.75) is 11.8 Å². The number of sulfonamides is 1. The van der Waals surface area contributed by atoms with Crippen LogP contribution < -0.4 is 14.8 Å². The van der Waals surface area contributed by atoms with Gasteiger partial charge < -0.3 is 10.1 Å². The van der Waals surface area contributed by atoms with Crippen LogP contribution in [0.25, 0.3) is 0 Å². The van der Waals surface area contributed by atoms with Gasteiger partial charge in [-0.1, -0.05) is 15.9 Å². The zero-order chi connectivity index (χ0) is 13.6. The Morgan fingerprint density at radius 1 is 1.33 bits per heavy atom. The highest BCUT2D eigenvalue weighted by molar-refractivity contribution is 9.10. The summed E-state index contributed by atoms with van der Waals surface area (Å²) in [5.74, 6) is 0.359. The van der Waals surface area contributed by atoms with Gasteiger partial charge in [0, 0.05) is 17.6 Å². The van der Waals surface area contributed by atoms with Crippen LogP contribution in [-0.4, -0.2) is 35.2 Å². The molecule has 0 fully saturated rings. The number of ether oxygens (including phenoxy) is 1. The molecular formula is C11H17BrN2O3S. The molecule has 0 amide bonds. The van der Waals surface area contributed by atoms with Gasteiger partial charge in [0.25, 0.3) is 0 Å². The van der Waals surface area contributed by atoms with Crippen molar-refractivity contribution in [2.24, 2.45) is 0 Å². The van der Waals surface area contributed by atoms with Crippen molar-refractivity contribution >= 4 is 26.0 Å². The fraction of sp³-hybridized carbons (Fsp3) is 0.455. The third-order valence-corrected chi connectivity index (χ3v) is 4.14. The van der Waals surface area contributed by atoms with Gasteiger partial charge in [0.15, 0.2) is 0 Å². The fourth-order valence-corrected chi connectivity index (χ4v) is 3.07. The maximum Gasteiger partial charge on any atom is 0.244 e. The Balaban J connectivity index is 3.01. The predicted octanol–water partition coefficient (Wildman–Crippen LogP) is 1.35. The molecule has 0 heterocycles. The first kappa shape index (κ1) is 15.4. The molecule has 0 saturated heterocycles. The Hall–Kier alpha value is -0.630. The van der Waals surface area contributed by atoms with Crippen LogP contribution in [0.15, 0.2) is 27.6 Å². The molecule has 0 aliphatic heterocycles. The Labute approximate surface area is 116 Å². The average molecular weight is 337 g/mol. The summed E-state index contributed by atoms with van der Waals surface area (Å²) in [5.41, 5.74) is 0. The highest BCUT2D eigenvalue weighted by Crippen LogP contribution is 2.27. The van der Waals surface area contributed by atoms with Crippen molar-refractivity contribution in [3.63, 3.8) is 0 Å². The molecule has 0 spiro atoms. The van der Waals surface area contributed by atoms with Gasteiger partial charge in [0.05, 0.1) is 6.61 Å². The average Bonchev–Trinajstić information content (AvgIpc) is 2.32. The van der Waals surface area contributed by atoms with Gasteiger partial charge in [-0.15, -0.1) is 0 Å². The summed E-state index contributed by atoms with van der Waals surface area (Å²) < 4.78 is 32.8. The Kier molecular flexibility index (Phi) is 6.07. The van der Waals surface area contributed by atoms with E-state index in [9.17, 15) is 8.42 Å². The van der Waals surface area contributed by atoms with Gasteiger partial charge in [-0.2, -0.15) is 0 Å². The van der Waals surface area contributed by atoms with E-state index >= 15 is 0 Å². The van der Waals surface area contributed by atoms with E-state index in [0.717, 1.165) is 0 Å². The summed E-state index contributed by atoms with van der Waals surface area (Å²) in [6.45, 7) is 3.13. The monoisotopic (exact) mass is 336 g/mol. The van der Waals surface area contributed by atoms with Gasteiger partial charge in [-0.3, -0.25) is 0 Å². The predicted molar refractivity (Wildman–Crippen MR) is 74.4 cm³/mol. The van der Waals surface area contributed by atoms with Gasteiger partial charge in [-0.25, -0.2) is 13.1 Å². The standard InChI is InChI=1S/C11H17BrN2O3S/c1-3-17-10-5-4-9(12)8-11(10)18(15,16)14-7-6-13-2/h4-5,8,13-14H,3,6-7H2,1-2H3. The van der Waals surface area contributed by atoms with Crippen molar-refractivity contribution < 1.29 is 13.2 Å². The first-order chi connectivity index (χ1) is 8.51. The summed E-state index contributed by atoms with van der Waals surface area (Å²) in [4.78, 5) is 0.148. The van der Waals surface area contributed by atoms with Crippen LogP contribution in [0.3, 0.4) is 0 Å². The second-order valence-electron chi connectivity index (χ2n) is 3.53. The van der Waals surface area contributed by atoms with Crippen molar-refractivity contribution in [3.8, 4) is 5.75 Å². The van der Waals surface area contributed by atoms with E-state index < -0.39 is 10.0 Å². The first-order valence-electron chi connectivity index (χ1n) is 5.58. The summed E-state index contributed by atoms with van der Waals surface area (Å²) in [5, 5.41) is 2.88. The molecule has 0 radical (unpaired) electrons. The molecule has 1 aromatic rings. The van der Waals surface area contributed by atoms with Crippen LogP contribution >= 0.6 is 15.9 Å². The maximum atomic E-state index is 12.1. The summed E-state index contributed by atoms with van der Waals surface area (Å²) in [6, 6.07) is 4.92. The SMILES string of the molecule is CCOc1ccc(Br)cc1S(=O)(=O)NCCNC. The van der Waals surface area contributed by atoms with Crippen LogP contribution in [0.5, 0.6) is 5.75 Å². The van der Waals surface area contributed by atoms with Crippen molar-refractivity contribution in [2.75, 3.05) is 26.7 Å². The number of benzene rings is 1. The first-order valence-corrected chi connectivity index (χ1v) is 7.85. The second-order valence-corrected chi connectivity index (χ2v) is 6.18. The lowest BCUT2D eigenvalue weighted by Gasteiger charge is -2.12. The number of halogens is 1. The molecule has 0 aromatic heterocycles. The normalized spacial score (nSPS) is 11.5. The minimum atomic E-state index is -3.55. The highest BCUT2D eigenvalue weighted by atomic mass is 79.9. The zero-order valence-corrected chi connectivity index (χ0v) is 12.8. The van der Waals surface area contributed by atoms with Crippen LogP contribution in [-0.2, 0) is 10.0 Å². The van der Waals surface area contributed by atoms with Crippen LogP contribution in [0.2, 0.25) is 0 Å². The second kappa shape index (κ2) is 7.08. The van der Waals surface area contributed by atoms with Crippen molar-refractivity contribution in [1.82, 2.24) is 10.0 Å². The van der Waals surface area contributed by atoms with Crippen LogP contribution in [0.4, 0.5) is 0 Å². The topological polar surface area (TPSA) is 67.4 Å². The smallest absolute Gasteiger partial charge is 0.244 e. The molecule has 18 heavy (non-hydrogen) atoms. The molecule has 0 aliphatic carbocycles. The van der Waals surface area contributed by atoms with Gasteiger partial charge in [0.2, 0.25) is 10.0 Å². The molecule has 1 rings (SSSR count). The maximum absolute atomic E-state index is 12.1. The molecule has 0 bridgehead atoms. The van der Waals surface area contributed by atoms with E-state index in [-0.39, 0.29) is 4.90 Å². The third kappa shape index (κ3) is 4.24. The number of hydrogen-bond acceptors (Lipinski definition) is 4. The fourth-order valence-electron chi connectivity index (χ4n) is 1.35. The molecule has 0 aliphatic rings. The molecule has 102 valence electrons. The minimum Gasteiger partial charge on any atom is -0.492 e. The lowest BCUT2D eigenvalue weighted by molar-refractivity contribution is 0.331. The van der Waals surface area contributed by atoms with Gasteiger partial charge in [0.1, 0.15) is 10.6 Å². The molecule has 0 unspecified atom stereocenters. The lowest BCUT2D eigenvalue weighted by atomic mass is 10.3. The highest BCUT2D eigenvalue weighted by Gasteiger charge is 2.19. The zero-order valence-electron chi connectivity index (χ0n) is 10.4. The Morgan fingerprint density at radius 3 is 2.67 bits per heavy atom. The molecule has 0 saturated carbocycles. The summed E-state index contributed by atoms with van der Waals surface area (Å²) >= 11 is 3.26. The van der Waals surface area contributed by atoms with Crippen molar-refractivity contribution in [1.29, 1.82) is 0 Å². The molecule has 7 heteroatoms. The Morgan fingerprint density at radius 2 is 2.06 bits per heavy atom. The molecule has 5 nitrogen and oxygen atoms in total. The molecule has 1 aromatic carbocycles. The van der Waals surface area contributed by atoms with Gasteiger partial charge >= 0.3 is 0 Å². The third-order valence-electron chi connectivity index (χ3n) is 2.16. The lowest BCUT2D eigenvalue weighted by Crippen LogP contribution is -2.30. The van der Waals surface area contributed by atoms with Crippen molar-refractivity contribution in [3.05, 3.63) is 22.7 Å². The van der Waals surface area contributed by atoms with Crippen LogP contribution in [0, 0.1) is 0 Å².